The molecule has 0 radical (unpaired) electrons. The molecule has 22 heavy (non-hydrogen) atoms. The quantitative estimate of drug-likeness (QED) is 0.498. The first-order valence-electron chi connectivity index (χ1n) is 5.14. The van der Waals surface area contributed by atoms with E-state index < -0.39 is 17.9 Å². The zero-order chi connectivity index (χ0) is 17.6. The van der Waals surface area contributed by atoms with E-state index in [0.29, 0.717) is 0 Å². The summed E-state index contributed by atoms with van der Waals surface area (Å²) in [6.45, 7) is 4.58. The van der Waals surface area contributed by atoms with Crippen molar-refractivity contribution in [2.24, 2.45) is 0 Å². The number of rotatable bonds is 3. The fourth-order valence-electron chi connectivity index (χ4n) is 0.354. The van der Waals surface area contributed by atoms with Crippen molar-refractivity contribution >= 4 is 78.6 Å². The van der Waals surface area contributed by atoms with Gasteiger partial charge in [-0.05, 0) is 20.8 Å². The Morgan fingerprint density at radius 1 is 0.636 bits per heavy atom. The van der Waals surface area contributed by atoms with Crippen molar-refractivity contribution < 1.29 is 29.7 Å². The summed E-state index contributed by atoms with van der Waals surface area (Å²) in [5.41, 5.74) is 0. The van der Waals surface area contributed by atoms with Crippen LogP contribution in [-0.4, -0.2) is 43.8 Å². The number of carbonyl (C=O) groups excluding carboxylic acids is 3. The third-order valence-corrected chi connectivity index (χ3v) is 2.46. The van der Waals surface area contributed by atoms with E-state index in [2.05, 4.69) is 0 Å². The molecule has 0 saturated heterocycles. The van der Waals surface area contributed by atoms with Gasteiger partial charge in [-0.1, -0.05) is 53.0 Å². The normalized spacial score (nSPS) is 10.9. The molecule has 0 atom stereocenters. The van der Waals surface area contributed by atoms with Gasteiger partial charge in [0.05, 0.1) is 33.0 Å². The molecule has 0 spiro atoms. The molecule has 0 aliphatic heterocycles. The van der Waals surface area contributed by atoms with Crippen LogP contribution in [0.2, 0.25) is 0 Å². The smallest absolute Gasteiger partial charge is 0.544 e. The Bertz CT molecular complexity index is 391. The number of carboxylic acid groups (broad SMARTS) is 3. The Morgan fingerprint density at radius 3 is 0.773 bits per heavy atom. The van der Waals surface area contributed by atoms with Crippen LogP contribution in [0.15, 0.2) is 33.3 Å². The van der Waals surface area contributed by atoms with Crippen molar-refractivity contribution in [2.45, 2.75) is 20.8 Å². The van der Waals surface area contributed by atoms with Crippen molar-refractivity contribution in [1.82, 2.24) is 0 Å². The standard InChI is InChI=1S/3C4H5ClO2.In/c3*1-2-3(5)4(6)7;/h3*2H,1H3,(H,6,7);/q;;;+3/p-3/b3*3-2-;. The van der Waals surface area contributed by atoms with Gasteiger partial charge in [0.1, 0.15) is 0 Å². The summed E-state index contributed by atoms with van der Waals surface area (Å²) in [5, 5.41) is 28.1. The number of hydrogen-bond acceptors (Lipinski definition) is 6. The Hall–Kier alpha value is -0.630. The first-order chi connectivity index (χ1) is 9.54. The van der Waals surface area contributed by atoms with E-state index >= 15 is 0 Å². The number of carbonyl (C=O) groups is 3. The third-order valence-electron chi connectivity index (χ3n) is 1.35. The number of hydrogen-bond donors (Lipinski definition) is 0. The zero-order valence-corrected chi connectivity index (χ0v) is 17.5. The molecule has 0 rings (SSSR count). The summed E-state index contributed by atoms with van der Waals surface area (Å²) >= 11 is 15.0. The van der Waals surface area contributed by atoms with Crippen LogP contribution in [0.5, 0.6) is 0 Å². The summed E-state index contributed by atoms with van der Waals surface area (Å²) in [5.74, 6) is -3.99. The van der Waals surface area contributed by atoms with E-state index in [0.717, 1.165) is 0 Å². The third kappa shape index (κ3) is 21.7. The largest absolute Gasteiger partial charge is 3.00 e. The number of halogens is 3. The van der Waals surface area contributed by atoms with E-state index in [1.165, 1.54) is 39.0 Å². The molecule has 0 aromatic heterocycles. The van der Waals surface area contributed by atoms with Crippen LogP contribution in [0.1, 0.15) is 20.8 Å². The van der Waals surface area contributed by atoms with Gasteiger partial charge in [-0.25, -0.2) is 0 Å². The predicted molar refractivity (Wildman–Crippen MR) is 79.6 cm³/mol. The van der Waals surface area contributed by atoms with Gasteiger partial charge in [0.25, 0.3) is 0 Å². The molecule has 0 N–H and O–H groups in total. The molecular weight excluding hydrogens is 461 g/mol. The van der Waals surface area contributed by atoms with Crippen molar-refractivity contribution in [3.63, 3.8) is 0 Å². The van der Waals surface area contributed by atoms with Crippen LogP contribution < -0.4 is 15.3 Å². The van der Waals surface area contributed by atoms with Crippen LogP contribution >= 0.6 is 34.8 Å². The summed E-state index contributed by atoms with van der Waals surface area (Å²) < 4.78 is 0. The second-order valence-corrected chi connectivity index (χ2v) is 3.99. The minimum absolute atomic E-state index is 0. The second kappa shape index (κ2) is 18.4. The average molecular weight is 473 g/mol. The molecule has 6 nitrogen and oxygen atoms in total. The monoisotopic (exact) mass is 472 g/mol. The molecule has 0 bridgehead atoms. The molecule has 0 saturated carbocycles. The van der Waals surface area contributed by atoms with Gasteiger partial charge in [-0.2, -0.15) is 0 Å². The Balaban J connectivity index is -0.000000108. The van der Waals surface area contributed by atoms with E-state index in [4.69, 9.17) is 34.8 Å². The zero-order valence-electron chi connectivity index (χ0n) is 11.9. The van der Waals surface area contributed by atoms with E-state index in [1.54, 1.807) is 0 Å². The van der Waals surface area contributed by atoms with Crippen molar-refractivity contribution in [2.75, 3.05) is 0 Å². The molecule has 0 aromatic rings. The predicted octanol–water partition coefficient (Wildman–Crippen LogP) is -0.744. The minimum Gasteiger partial charge on any atom is -0.544 e. The van der Waals surface area contributed by atoms with Gasteiger partial charge in [-0.15, -0.1) is 0 Å². The van der Waals surface area contributed by atoms with Gasteiger partial charge < -0.3 is 29.7 Å². The Morgan fingerprint density at radius 2 is 0.773 bits per heavy atom. The van der Waals surface area contributed by atoms with Gasteiger partial charge in [-0.3, -0.25) is 0 Å². The molecule has 0 fully saturated rings. The second-order valence-electron chi connectivity index (χ2n) is 2.77. The van der Waals surface area contributed by atoms with Gasteiger partial charge in [0.2, 0.25) is 0 Å². The Labute approximate surface area is 161 Å². The summed E-state index contributed by atoms with van der Waals surface area (Å²) in [7, 11) is 0. The molecule has 0 unspecified atom stereocenters. The maximum absolute atomic E-state index is 9.62. The van der Waals surface area contributed by atoms with Gasteiger partial charge >= 0.3 is 25.8 Å². The fourth-order valence-corrected chi connectivity index (χ4v) is 0.354. The van der Waals surface area contributed by atoms with Gasteiger partial charge in [0, 0.05) is 0 Å². The van der Waals surface area contributed by atoms with Crippen LogP contribution in [-0.2, 0) is 14.4 Å². The molecule has 0 amide bonds. The molecule has 120 valence electrons. The maximum Gasteiger partial charge on any atom is 3.00 e. The molecule has 0 aromatic carbocycles. The maximum atomic E-state index is 9.62. The number of allylic oxidation sites excluding steroid dienone is 3. The molecule has 0 aliphatic rings. The summed E-state index contributed by atoms with van der Waals surface area (Å²) in [6, 6.07) is 0. The number of carboxylic acids is 3. The minimum atomic E-state index is -1.33. The Kier molecular flexibility index (Phi) is 24.6. The van der Waals surface area contributed by atoms with E-state index in [-0.39, 0.29) is 40.9 Å². The number of aliphatic carboxylic acids is 3. The SMILES string of the molecule is C/C=C(\Cl)C(=O)[O-].C/C=C(\Cl)C(=O)[O-].C/C=C(\Cl)C(=O)[O-].[In+3]. The molecule has 0 heterocycles. The van der Waals surface area contributed by atoms with Crippen molar-refractivity contribution in [1.29, 1.82) is 0 Å². The summed E-state index contributed by atoms with van der Waals surface area (Å²) in [6.07, 6.45) is 3.78. The average Bonchev–Trinajstić information content (AvgIpc) is 2.45. The van der Waals surface area contributed by atoms with Crippen LogP contribution in [0.25, 0.3) is 0 Å². The molecule has 0 aliphatic carbocycles. The first-order valence-corrected chi connectivity index (χ1v) is 6.27. The van der Waals surface area contributed by atoms with Crippen LogP contribution in [0.3, 0.4) is 0 Å². The summed E-state index contributed by atoms with van der Waals surface area (Å²) in [4.78, 5) is 28.9. The van der Waals surface area contributed by atoms with Crippen LogP contribution in [0.4, 0.5) is 0 Å². The van der Waals surface area contributed by atoms with E-state index in [9.17, 15) is 29.7 Å². The molecule has 10 heteroatoms. The van der Waals surface area contributed by atoms with Gasteiger partial charge in [0.15, 0.2) is 0 Å². The van der Waals surface area contributed by atoms with Crippen molar-refractivity contribution in [3.8, 4) is 0 Å². The topological polar surface area (TPSA) is 120 Å². The van der Waals surface area contributed by atoms with Crippen molar-refractivity contribution in [3.05, 3.63) is 33.3 Å². The van der Waals surface area contributed by atoms with E-state index in [1.807, 2.05) is 0 Å². The fraction of sp³-hybridized carbons (Fsp3) is 0.250. The first kappa shape index (κ1) is 29.4. The molecular formula is C12H12Cl3InO6. The van der Waals surface area contributed by atoms with Crippen LogP contribution in [0, 0.1) is 0 Å².